The van der Waals surface area contributed by atoms with Gasteiger partial charge in [0.2, 0.25) is 0 Å². The molecule has 0 fully saturated rings. The number of aliphatic imine (C=N–C) groups is 1. The first-order valence-electron chi connectivity index (χ1n) is 6.37. The van der Waals surface area contributed by atoms with Crippen molar-refractivity contribution in [2.75, 3.05) is 13.1 Å². The lowest BCUT2D eigenvalue weighted by atomic mass is 9.95. The van der Waals surface area contributed by atoms with Crippen LogP contribution in [0.2, 0.25) is 0 Å². The first kappa shape index (κ1) is 13.4. The van der Waals surface area contributed by atoms with Crippen LogP contribution in [0.4, 0.5) is 5.69 Å². The van der Waals surface area contributed by atoms with E-state index in [-0.39, 0.29) is 10.6 Å². The predicted molar refractivity (Wildman–Crippen MR) is 76.3 cm³/mol. The largest absolute Gasteiger partial charge is 0.330 e. The van der Waals surface area contributed by atoms with Gasteiger partial charge >= 0.3 is 0 Å². The van der Waals surface area contributed by atoms with Gasteiger partial charge in [0.25, 0.3) is 5.69 Å². The Balaban J connectivity index is 2.12. The Labute approximate surface area is 112 Å². The van der Waals surface area contributed by atoms with Gasteiger partial charge in [0, 0.05) is 24.3 Å². The van der Waals surface area contributed by atoms with Crippen LogP contribution in [0.25, 0.3) is 5.57 Å². The van der Waals surface area contributed by atoms with Gasteiger partial charge in [-0.2, -0.15) is 0 Å². The van der Waals surface area contributed by atoms with Gasteiger partial charge in [-0.25, -0.2) is 0 Å². The average molecular weight is 259 g/mol. The summed E-state index contributed by atoms with van der Waals surface area (Å²) >= 11 is 0. The van der Waals surface area contributed by atoms with Crippen molar-refractivity contribution in [2.45, 2.75) is 19.3 Å². The number of benzene rings is 1. The van der Waals surface area contributed by atoms with E-state index in [1.165, 1.54) is 6.07 Å². The number of hydrogen-bond acceptors (Lipinski definition) is 4. The molecule has 0 aromatic heterocycles. The monoisotopic (exact) mass is 259 g/mol. The third kappa shape index (κ3) is 3.48. The Kier molecular flexibility index (Phi) is 4.41. The van der Waals surface area contributed by atoms with Crippen LogP contribution in [0, 0.1) is 10.1 Å². The number of non-ortho nitro benzene ring substituents is 1. The highest BCUT2D eigenvalue weighted by atomic mass is 16.6. The molecule has 1 heterocycles. The third-order valence-electron chi connectivity index (χ3n) is 3.14. The molecule has 0 amide bonds. The van der Waals surface area contributed by atoms with E-state index >= 15 is 0 Å². The van der Waals surface area contributed by atoms with E-state index in [1.807, 2.05) is 12.1 Å². The van der Waals surface area contributed by atoms with Crippen LogP contribution < -0.4 is 5.73 Å². The molecule has 2 N–H and O–H groups in total. The van der Waals surface area contributed by atoms with Crippen molar-refractivity contribution >= 4 is 17.0 Å². The number of nitrogens with two attached hydrogens (primary N) is 1. The van der Waals surface area contributed by atoms with Crippen LogP contribution >= 0.6 is 0 Å². The number of rotatable bonds is 5. The van der Waals surface area contributed by atoms with Gasteiger partial charge in [-0.1, -0.05) is 18.2 Å². The third-order valence-corrected chi connectivity index (χ3v) is 3.14. The Morgan fingerprint density at radius 3 is 3.00 bits per heavy atom. The quantitative estimate of drug-likeness (QED) is 0.651. The maximum Gasteiger partial charge on any atom is 0.270 e. The van der Waals surface area contributed by atoms with Gasteiger partial charge in [0.1, 0.15) is 0 Å². The van der Waals surface area contributed by atoms with Gasteiger partial charge < -0.3 is 5.73 Å². The van der Waals surface area contributed by atoms with Crippen molar-refractivity contribution in [2.24, 2.45) is 10.7 Å². The molecule has 0 saturated heterocycles. The fourth-order valence-corrected chi connectivity index (χ4v) is 2.15. The van der Waals surface area contributed by atoms with Gasteiger partial charge in [-0.3, -0.25) is 15.1 Å². The lowest BCUT2D eigenvalue weighted by Crippen LogP contribution is -2.09. The molecular weight excluding hydrogens is 242 g/mol. The molecule has 5 nitrogen and oxygen atoms in total. The number of nitro benzene ring substituents is 1. The first-order chi connectivity index (χ1) is 9.20. The molecule has 1 aromatic carbocycles. The summed E-state index contributed by atoms with van der Waals surface area (Å²) in [6, 6.07) is 6.76. The van der Waals surface area contributed by atoms with Crippen LogP contribution in [0.5, 0.6) is 0 Å². The minimum Gasteiger partial charge on any atom is -0.330 e. The molecular formula is C14H17N3O2. The van der Waals surface area contributed by atoms with Gasteiger partial charge in [-0.15, -0.1) is 0 Å². The Hall–Kier alpha value is -2.01. The first-order valence-corrected chi connectivity index (χ1v) is 6.37. The van der Waals surface area contributed by atoms with Crippen molar-refractivity contribution in [1.29, 1.82) is 0 Å². The summed E-state index contributed by atoms with van der Waals surface area (Å²) in [6.45, 7) is 1.31. The van der Waals surface area contributed by atoms with Crippen LogP contribution in [0.15, 0.2) is 35.3 Å². The number of nitro groups is 1. The zero-order valence-electron chi connectivity index (χ0n) is 10.7. The summed E-state index contributed by atoms with van der Waals surface area (Å²) in [5.74, 6) is 0. The molecule has 2 rings (SSSR count). The van der Waals surface area contributed by atoms with Crippen LogP contribution in [-0.4, -0.2) is 23.7 Å². The summed E-state index contributed by atoms with van der Waals surface area (Å²) in [5, 5.41) is 10.8. The van der Waals surface area contributed by atoms with Crippen molar-refractivity contribution in [1.82, 2.24) is 0 Å². The molecule has 19 heavy (non-hydrogen) atoms. The van der Waals surface area contributed by atoms with E-state index in [0.29, 0.717) is 13.1 Å². The Morgan fingerprint density at radius 2 is 2.26 bits per heavy atom. The minimum absolute atomic E-state index is 0.129. The highest BCUT2D eigenvalue weighted by Gasteiger charge is 2.13. The zero-order chi connectivity index (χ0) is 13.7. The predicted octanol–water partition coefficient (Wildman–Crippen LogP) is 2.56. The van der Waals surface area contributed by atoms with E-state index in [0.717, 1.165) is 36.1 Å². The highest BCUT2D eigenvalue weighted by Crippen LogP contribution is 2.25. The van der Waals surface area contributed by atoms with Gasteiger partial charge in [0.05, 0.1) is 11.5 Å². The molecule has 0 atom stereocenters. The second kappa shape index (κ2) is 6.24. The highest BCUT2D eigenvalue weighted by molar-refractivity contribution is 5.95. The summed E-state index contributed by atoms with van der Waals surface area (Å²) in [7, 11) is 0. The van der Waals surface area contributed by atoms with Crippen LogP contribution in [-0.2, 0) is 0 Å². The lowest BCUT2D eigenvalue weighted by Gasteiger charge is -2.14. The average Bonchev–Trinajstić information content (AvgIpc) is 2.45. The number of hydrogen-bond donors (Lipinski definition) is 1. The number of dihydropyridines is 1. The number of allylic oxidation sites excluding steroid dienone is 1. The Morgan fingerprint density at radius 1 is 1.42 bits per heavy atom. The standard InChI is InChI=1S/C14H17N3O2/c15-7-2-4-13-9-12(6-8-16-13)11-3-1-5-14(10-11)17(18)19/h1,3,5-6,10H,2,4,7-9,15H2. The topological polar surface area (TPSA) is 81.5 Å². The summed E-state index contributed by atoms with van der Waals surface area (Å²) in [4.78, 5) is 14.9. The molecule has 1 aliphatic rings. The molecule has 0 bridgehead atoms. The fraction of sp³-hybridized carbons (Fsp3) is 0.357. The maximum atomic E-state index is 10.8. The Bertz CT molecular complexity index is 535. The van der Waals surface area contributed by atoms with Crippen LogP contribution in [0.1, 0.15) is 24.8 Å². The van der Waals surface area contributed by atoms with E-state index in [9.17, 15) is 10.1 Å². The van der Waals surface area contributed by atoms with Crippen molar-refractivity contribution in [3.05, 3.63) is 46.0 Å². The van der Waals surface area contributed by atoms with E-state index < -0.39 is 0 Å². The van der Waals surface area contributed by atoms with Crippen molar-refractivity contribution < 1.29 is 4.92 Å². The zero-order valence-corrected chi connectivity index (χ0v) is 10.7. The van der Waals surface area contributed by atoms with Crippen molar-refractivity contribution in [3.8, 4) is 0 Å². The summed E-state index contributed by atoms with van der Waals surface area (Å²) < 4.78 is 0. The van der Waals surface area contributed by atoms with E-state index in [4.69, 9.17) is 5.73 Å². The van der Waals surface area contributed by atoms with Crippen molar-refractivity contribution in [3.63, 3.8) is 0 Å². The maximum absolute atomic E-state index is 10.8. The normalized spacial score (nSPS) is 14.8. The fourth-order valence-electron chi connectivity index (χ4n) is 2.15. The second-order valence-corrected chi connectivity index (χ2v) is 4.51. The molecule has 0 aliphatic carbocycles. The molecule has 0 spiro atoms. The van der Waals surface area contributed by atoms with Crippen LogP contribution in [0.3, 0.4) is 0 Å². The number of nitrogens with zero attached hydrogens (tertiary/aromatic N) is 2. The molecule has 0 unspecified atom stereocenters. The lowest BCUT2D eigenvalue weighted by molar-refractivity contribution is -0.384. The molecule has 5 heteroatoms. The summed E-state index contributed by atoms with van der Waals surface area (Å²) in [5.41, 5.74) is 8.79. The second-order valence-electron chi connectivity index (χ2n) is 4.51. The summed E-state index contributed by atoms with van der Waals surface area (Å²) in [6.07, 6.45) is 4.63. The smallest absolute Gasteiger partial charge is 0.270 e. The molecule has 1 aromatic rings. The SMILES string of the molecule is NCCCC1=NCC=C(c2cccc([N+](=O)[O-])c2)C1. The van der Waals surface area contributed by atoms with Gasteiger partial charge in [-0.05, 0) is 30.5 Å². The molecule has 0 radical (unpaired) electrons. The minimum atomic E-state index is -0.365. The van der Waals surface area contributed by atoms with E-state index in [2.05, 4.69) is 4.99 Å². The molecule has 0 saturated carbocycles. The molecule has 100 valence electrons. The molecule has 1 aliphatic heterocycles. The van der Waals surface area contributed by atoms with E-state index in [1.54, 1.807) is 12.1 Å². The van der Waals surface area contributed by atoms with Gasteiger partial charge in [0.15, 0.2) is 0 Å².